The summed E-state index contributed by atoms with van der Waals surface area (Å²) in [5.41, 5.74) is 6.19. The Labute approximate surface area is 214 Å². The van der Waals surface area contributed by atoms with Crippen LogP contribution in [0.3, 0.4) is 0 Å². The van der Waals surface area contributed by atoms with Crippen molar-refractivity contribution in [3.8, 4) is 11.1 Å². The topological polar surface area (TPSA) is 92.0 Å². The van der Waals surface area contributed by atoms with Gasteiger partial charge in [-0.2, -0.15) is 0 Å². The van der Waals surface area contributed by atoms with Gasteiger partial charge in [0.1, 0.15) is 10.3 Å². The summed E-state index contributed by atoms with van der Waals surface area (Å²) in [4.78, 5) is 16.0. The van der Waals surface area contributed by atoms with E-state index in [4.69, 9.17) is 44.9 Å². The van der Waals surface area contributed by atoms with E-state index in [1.807, 2.05) is 52.1 Å². The summed E-state index contributed by atoms with van der Waals surface area (Å²) in [5, 5.41) is 18.8. The zero-order valence-electron chi connectivity index (χ0n) is 19.2. The van der Waals surface area contributed by atoms with Gasteiger partial charge in [-0.25, -0.2) is 9.97 Å². The normalized spacial score (nSPS) is 9.91. The van der Waals surface area contributed by atoms with Crippen LogP contribution in [0.2, 0.25) is 15.3 Å². The third-order valence-corrected chi connectivity index (χ3v) is 5.70. The van der Waals surface area contributed by atoms with E-state index in [0.29, 0.717) is 20.8 Å². The lowest BCUT2D eigenvalue weighted by Crippen LogP contribution is -2.29. The molecule has 0 fully saturated rings. The van der Waals surface area contributed by atoms with Crippen LogP contribution in [-0.4, -0.2) is 37.1 Å². The highest BCUT2D eigenvalue weighted by atomic mass is 35.5. The van der Waals surface area contributed by atoms with Gasteiger partial charge in [-0.1, -0.05) is 46.9 Å². The van der Waals surface area contributed by atoms with E-state index in [1.165, 1.54) is 6.20 Å². The summed E-state index contributed by atoms with van der Waals surface area (Å²) in [6.45, 7) is 7.61. The Morgan fingerprint density at radius 3 is 1.76 bits per heavy atom. The molecular formula is C24H24BCl3N4O2. The Balaban J connectivity index is 0.000000189. The predicted molar refractivity (Wildman–Crippen MR) is 140 cm³/mol. The number of halogens is 3. The first-order valence-corrected chi connectivity index (χ1v) is 11.3. The van der Waals surface area contributed by atoms with Crippen LogP contribution >= 0.6 is 34.8 Å². The maximum Gasteiger partial charge on any atom is 0.490 e. The van der Waals surface area contributed by atoms with Crippen LogP contribution < -0.4 is 5.46 Å². The van der Waals surface area contributed by atoms with Gasteiger partial charge in [-0.05, 0) is 63.1 Å². The second-order valence-corrected chi connectivity index (χ2v) is 8.41. The molecule has 0 bridgehead atoms. The molecule has 2 N–H and O–H groups in total. The largest absolute Gasteiger partial charge is 0.490 e. The van der Waals surface area contributed by atoms with Crippen molar-refractivity contribution >= 4 is 47.4 Å². The molecule has 0 spiro atoms. The zero-order chi connectivity index (χ0) is 25.3. The van der Waals surface area contributed by atoms with Crippen molar-refractivity contribution in [1.82, 2.24) is 19.9 Å². The SMILES string of the molecule is Cc1cc(-c2cccnc2)c(C)c(Cl)n1.Cc1cc(Cl)c(C)c(Cl)n1.OB(O)c1cccnc1. The molecule has 4 rings (SSSR count). The van der Waals surface area contributed by atoms with Gasteiger partial charge < -0.3 is 10.0 Å². The molecule has 4 heterocycles. The molecular weight excluding hydrogens is 493 g/mol. The van der Waals surface area contributed by atoms with Crippen LogP contribution in [0.4, 0.5) is 0 Å². The minimum absolute atomic E-state index is 0.414. The summed E-state index contributed by atoms with van der Waals surface area (Å²) in [5.74, 6) is 0. The smallest absolute Gasteiger partial charge is 0.423 e. The Hall–Kier alpha value is -2.55. The van der Waals surface area contributed by atoms with E-state index in [-0.39, 0.29) is 0 Å². The molecule has 0 aliphatic carbocycles. The predicted octanol–water partition coefficient (Wildman–Crippen LogP) is 5.18. The first-order valence-electron chi connectivity index (χ1n) is 10.2. The van der Waals surface area contributed by atoms with Crippen molar-refractivity contribution in [2.75, 3.05) is 0 Å². The van der Waals surface area contributed by atoms with Crippen LogP contribution in [0.5, 0.6) is 0 Å². The van der Waals surface area contributed by atoms with Gasteiger partial charge >= 0.3 is 7.12 Å². The van der Waals surface area contributed by atoms with Crippen molar-refractivity contribution in [3.63, 3.8) is 0 Å². The van der Waals surface area contributed by atoms with Gasteiger partial charge in [-0.3, -0.25) is 9.97 Å². The Kier molecular flexibility index (Phi) is 10.9. The highest BCUT2D eigenvalue weighted by Crippen LogP contribution is 2.27. The number of aryl methyl sites for hydroxylation is 2. The molecule has 0 radical (unpaired) electrons. The lowest BCUT2D eigenvalue weighted by molar-refractivity contribution is 0.425. The van der Waals surface area contributed by atoms with Crippen LogP contribution in [0.1, 0.15) is 22.5 Å². The van der Waals surface area contributed by atoms with E-state index in [1.54, 1.807) is 30.6 Å². The number of pyridine rings is 4. The van der Waals surface area contributed by atoms with E-state index >= 15 is 0 Å². The summed E-state index contributed by atoms with van der Waals surface area (Å²) >= 11 is 17.6. The minimum atomic E-state index is -1.40. The maximum absolute atomic E-state index is 8.54. The quantitative estimate of drug-likeness (QED) is 0.281. The van der Waals surface area contributed by atoms with Crippen molar-refractivity contribution in [3.05, 3.63) is 99.0 Å². The lowest BCUT2D eigenvalue weighted by Gasteiger charge is -2.07. The molecule has 0 amide bonds. The molecule has 0 saturated heterocycles. The van der Waals surface area contributed by atoms with Crippen LogP contribution in [0.15, 0.2) is 61.2 Å². The summed E-state index contributed by atoms with van der Waals surface area (Å²) in [6.07, 6.45) is 6.57. The van der Waals surface area contributed by atoms with Gasteiger partial charge in [0.15, 0.2) is 0 Å². The molecule has 176 valence electrons. The monoisotopic (exact) mass is 516 g/mol. The van der Waals surface area contributed by atoms with Crippen LogP contribution in [-0.2, 0) is 0 Å². The molecule has 34 heavy (non-hydrogen) atoms. The Morgan fingerprint density at radius 2 is 1.29 bits per heavy atom. The van der Waals surface area contributed by atoms with Gasteiger partial charge in [0.25, 0.3) is 0 Å². The van der Waals surface area contributed by atoms with E-state index in [0.717, 1.165) is 33.6 Å². The van der Waals surface area contributed by atoms with E-state index < -0.39 is 7.12 Å². The third-order valence-electron chi connectivity index (χ3n) is 4.57. The molecule has 0 aliphatic rings. The summed E-state index contributed by atoms with van der Waals surface area (Å²) in [7, 11) is -1.40. The number of aromatic nitrogens is 4. The minimum Gasteiger partial charge on any atom is -0.423 e. The Bertz CT molecular complexity index is 1190. The third kappa shape index (κ3) is 8.35. The highest BCUT2D eigenvalue weighted by molar-refractivity contribution is 6.58. The van der Waals surface area contributed by atoms with E-state index in [9.17, 15) is 0 Å². The molecule has 0 unspecified atom stereocenters. The van der Waals surface area contributed by atoms with Gasteiger partial charge in [0, 0.05) is 57.8 Å². The molecule has 4 aromatic heterocycles. The van der Waals surface area contributed by atoms with Gasteiger partial charge in [-0.15, -0.1) is 0 Å². The molecule has 0 saturated carbocycles. The fourth-order valence-electron chi connectivity index (χ4n) is 2.71. The number of nitrogens with zero attached hydrogens (tertiary/aromatic N) is 4. The van der Waals surface area contributed by atoms with E-state index in [2.05, 4.69) is 19.9 Å². The fourth-order valence-corrected chi connectivity index (χ4v) is 3.48. The maximum atomic E-state index is 8.54. The average molecular weight is 518 g/mol. The number of hydrogen-bond acceptors (Lipinski definition) is 6. The van der Waals surface area contributed by atoms with Crippen molar-refractivity contribution in [1.29, 1.82) is 0 Å². The second kappa shape index (κ2) is 13.4. The Morgan fingerprint density at radius 1 is 0.735 bits per heavy atom. The molecule has 6 nitrogen and oxygen atoms in total. The van der Waals surface area contributed by atoms with Gasteiger partial charge in [0.05, 0.1) is 0 Å². The van der Waals surface area contributed by atoms with Crippen molar-refractivity contribution < 1.29 is 10.0 Å². The molecule has 0 aromatic carbocycles. The molecule has 0 atom stereocenters. The van der Waals surface area contributed by atoms with Crippen LogP contribution in [0, 0.1) is 27.7 Å². The van der Waals surface area contributed by atoms with Crippen molar-refractivity contribution in [2.24, 2.45) is 0 Å². The summed E-state index contributed by atoms with van der Waals surface area (Å²) in [6, 6.07) is 11.0. The molecule has 0 aliphatic heterocycles. The first kappa shape index (κ1) is 27.7. The highest BCUT2D eigenvalue weighted by Gasteiger charge is 2.08. The zero-order valence-corrected chi connectivity index (χ0v) is 21.4. The summed E-state index contributed by atoms with van der Waals surface area (Å²) < 4.78 is 0. The molecule has 4 aromatic rings. The van der Waals surface area contributed by atoms with Gasteiger partial charge in [0.2, 0.25) is 0 Å². The number of rotatable bonds is 2. The second-order valence-electron chi connectivity index (χ2n) is 7.29. The lowest BCUT2D eigenvalue weighted by atomic mass is 9.82. The average Bonchev–Trinajstić information content (AvgIpc) is 2.82. The standard InChI is InChI=1S/C12H11ClN2.C7H7Cl2N.C5H6BNO2/c1-8-6-11(9(2)12(13)15-8)10-4-3-5-14-7-10;1-4-3-6(8)5(2)7(9)10-4;8-6(9)5-2-1-3-7-4-5/h3-7H,1-2H3;3H,1-2H3;1-4,8-9H. The van der Waals surface area contributed by atoms with Crippen molar-refractivity contribution in [2.45, 2.75) is 27.7 Å². The number of hydrogen-bond donors (Lipinski definition) is 2. The first-order chi connectivity index (χ1) is 16.1. The fraction of sp³-hybridized carbons (Fsp3) is 0.167. The van der Waals surface area contributed by atoms with Crippen LogP contribution in [0.25, 0.3) is 11.1 Å². The molecule has 10 heteroatoms.